The van der Waals surface area contributed by atoms with E-state index in [0.29, 0.717) is 24.5 Å². The molecule has 5 nitrogen and oxygen atoms in total. The molecule has 0 bridgehead atoms. The van der Waals surface area contributed by atoms with Gasteiger partial charge in [-0.3, -0.25) is 0 Å². The van der Waals surface area contributed by atoms with Crippen LogP contribution in [0, 0.1) is 0 Å². The van der Waals surface area contributed by atoms with Crippen LogP contribution in [0.1, 0.15) is 45.1 Å². The van der Waals surface area contributed by atoms with Crippen LogP contribution in [0.25, 0.3) is 0 Å². The van der Waals surface area contributed by atoms with Gasteiger partial charge in [-0.1, -0.05) is 6.07 Å². The molecule has 0 aromatic carbocycles. The van der Waals surface area contributed by atoms with Gasteiger partial charge < -0.3 is 15.4 Å². The molecule has 1 fully saturated rings. The highest BCUT2D eigenvalue weighted by atomic mass is 16.5. The topological polar surface area (TPSA) is 63.7 Å². The molecule has 1 aromatic heterocycles. The minimum absolute atomic E-state index is 0.347. The molecule has 2 rings (SSSR count). The molecule has 0 radical (unpaired) electrons. The van der Waals surface area contributed by atoms with E-state index in [1.807, 2.05) is 23.2 Å². The molecule has 0 spiro atoms. The Morgan fingerprint density at radius 3 is 2.62 bits per heavy atom. The summed E-state index contributed by atoms with van der Waals surface area (Å²) in [6.45, 7) is 6.45. The third-order valence-electron chi connectivity index (χ3n) is 3.90. The molecule has 5 heteroatoms. The smallest absolute Gasteiger partial charge is 0.213 e. The second-order valence-corrected chi connectivity index (χ2v) is 5.38. The largest absolute Gasteiger partial charge is 0.474 e. The lowest BCUT2D eigenvalue weighted by Crippen LogP contribution is -2.37. The van der Waals surface area contributed by atoms with E-state index in [9.17, 15) is 0 Å². The zero-order valence-electron chi connectivity index (χ0n) is 13.1. The fourth-order valence-electron chi connectivity index (χ4n) is 2.57. The van der Waals surface area contributed by atoms with Crippen molar-refractivity contribution in [1.29, 1.82) is 0 Å². The molecule has 1 aliphatic carbocycles. The fraction of sp³-hybridized carbons (Fsp3) is 0.625. The monoisotopic (exact) mass is 290 g/mol. The molecule has 0 unspecified atom stereocenters. The molecular formula is C16H26N4O. The summed E-state index contributed by atoms with van der Waals surface area (Å²) in [5.41, 5.74) is 7.00. The first-order chi connectivity index (χ1) is 10.2. The molecule has 1 aliphatic rings. The minimum Gasteiger partial charge on any atom is -0.474 e. The van der Waals surface area contributed by atoms with E-state index < -0.39 is 0 Å². The number of aliphatic imine (C=N–C) groups is 1. The third-order valence-corrected chi connectivity index (χ3v) is 3.90. The van der Waals surface area contributed by atoms with Gasteiger partial charge >= 0.3 is 0 Å². The maximum Gasteiger partial charge on any atom is 0.213 e. The van der Waals surface area contributed by atoms with Gasteiger partial charge in [-0.2, -0.15) is 0 Å². The SMILES string of the molecule is CCN(CC)C(N)=NCc1ccc(OC2CCCC2)nc1. The highest BCUT2D eigenvalue weighted by Gasteiger charge is 2.16. The van der Waals surface area contributed by atoms with Gasteiger partial charge in [0.05, 0.1) is 6.54 Å². The highest BCUT2D eigenvalue weighted by Crippen LogP contribution is 2.22. The predicted molar refractivity (Wildman–Crippen MR) is 85.4 cm³/mol. The lowest BCUT2D eigenvalue weighted by Gasteiger charge is -2.19. The summed E-state index contributed by atoms with van der Waals surface area (Å²) in [5.74, 6) is 1.30. The van der Waals surface area contributed by atoms with Crippen molar-refractivity contribution < 1.29 is 4.74 Å². The zero-order chi connectivity index (χ0) is 15.1. The van der Waals surface area contributed by atoms with E-state index in [1.54, 1.807) is 0 Å². The van der Waals surface area contributed by atoms with Gasteiger partial charge in [0.1, 0.15) is 6.10 Å². The van der Waals surface area contributed by atoms with Crippen LogP contribution in [-0.2, 0) is 6.54 Å². The Labute approximate surface area is 127 Å². The average molecular weight is 290 g/mol. The van der Waals surface area contributed by atoms with Crippen LogP contribution in [0.15, 0.2) is 23.3 Å². The quantitative estimate of drug-likeness (QED) is 0.646. The molecular weight excluding hydrogens is 264 g/mol. The summed E-state index contributed by atoms with van der Waals surface area (Å²) in [6.07, 6.45) is 7.00. The van der Waals surface area contributed by atoms with Gasteiger partial charge in [0.2, 0.25) is 5.88 Å². The first-order valence-corrected chi connectivity index (χ1v) is 7.89. The van der Waals surface area contributed by atoms with Crippen LogP contribution in [-0.4, -0.2) is 35.0 Å². The average Bonchev–Trinajstić information content (AvgIpc) is 3.01. The number of nitrogens with zero attached hydrogens (tertiary/aromatic N) is 3. The van der Waals surface area contributed by atoms with E-state index >= 15 is 0 Å². The van der Waals surface area contributed by atoms with Crippen molar-refractivity contribution in [2.24, 2.45) is 10.7 Å². The Morgan fingerprint density at radius 2 is 2.05 bits per heavy atom. The lowest BCUT2D eigenvalue weighted by molar-refractivity contribution is 0.201. The van der Waals surface area contributed by atoms with Gasteiger partial charge in [-0.15, -0.1) is 0 Å². The van der Waals surface area contributed by atoms with Crippen molar-refractivity contribution in [3.05, 3.63) is 23.9 Å². The van der Waals surface area contributed by atoms with Crippen LogP contribution < -0.4 is 10.5 Å². The first-order valence-electron chi connectivity index (χ1n) is 7.89. The molecule has 1 saturated carbocycles. The van der Waals surface area contributed by atoms with Crippen molar-refractivity contribution in [2.45, 2.75) is 52.2 Å². The summed E-state index contributed by atoms with van der Waals surface area (Å²) in [4.78, 5) is 10.8. The molecule has 0 amide bonds. The first kappa shape index (κ1) is 15.6. The van der Waals surface area contributed by atoms with Crippen LogP contribution in [0.2, 0.25) is 0 Å². The highest BCUT2D eigenvalue weighted by molar-refractivity contribution is 5.77. The molecule has 1 aromatic rings. The Kier molecular flexibility index (Phi) is 5.84. The van der Waals surface area contributed by atoms with Crippen LogP contribution in [0.4, 0.5) is 0 Å². The van der Waals surface area contributed by atoms with Crippen molar-refractivity contribution in [2.75, 3.05) is 13.1 Å². The van der Waals surface area contributed by atoms with E-state index in [-0.39, 0.29) is 0 Å². The van der Waals surface area contributed by atoms with E-state index in [4.69, 9.17) is 10.5 Å². The molecule has 1 heterocycles. The summed E-state index contributed by atoms with van der Waals surface area (Å²) < 4.78 is 5.85. The van der Waals surface area contributed by atoms with Gasteiger partial charge in [-0.25, -0.2) is 9.98 Å². The van der Waals surface area contributed by atoms with Crippen molar-refractivity contribution >= 4 is 5.96 Å². The van der Waals surface area contributed by atoms with Gasteiger partial charge in [0.25, 0.3) is 0 Å². The molecule has 0 atom stereocenters. The van der Waals surface area contributed by atoms with Crippen molar-refractivity contribution in [3.63, 3.8) is 0 Å². The minimum atomic E-state index is 0.347. The number of hydrogen-bond acceptors (Lipinski definition) is 3. The van der Waals surface area contributed by atoms with E-state index in [0.717, 1.165) is 31.5 Å². The van der Waals surface area contributed by atoms with Gasteiger partial charge in [0, 0.05) is 25.4 Å². The molecule has 0 saturated heterocycles. The Morgan fingerprint density at radius 1 is 1.33 bits per heavy atom. The van der Waals surface area contributed by atoms with Crippen LogP contribution in [0.5, 0.6) is 5.88 Å². The number of hydrogen-bond donors (Lipinski definition) is 1. The maximum atomic E-state index is 5.96. The lowest BCUT2D eigenvalue weighted by atomic mass is 10.3. The van der Waals surface area contributed by atoms with Crippen molar-refractivity contribution in [3.8, 4) is 5.88 Å². The number of nitrogens with two attached hydrogens (primary N) is 1. The number of rotatable bonds is 6. The zero-order valence-corrected chi connectivity index (χ0v) is 13.1. The summed E-state index contributed by atoms with van der Waals surface area (Å²) >= 11 is 0. The molecule has 116 valence electrons. The van der Waals surface area contributed by atoms with Gasteiger partial charge in [-0.05, 0) is 45.1 Å². The summed E-state index contributed by atoms with van der Waals surface area (Å²) in [7, 11) is 0. The predicted octanol–water partition coefficient (Wildman–Crippen LogP) is 2.56. The van der Waals surface area contributed by atoms with Crippen molar-refractivity contribution in [1.82, 2.24) is 9.88 Å². The second-order valence-electron chi connectivity index (χ2n) is 5.38. The Bertz CT molecular complexity index is 448. The molecule has 0 aliphatic heterocycles. The number of guanidine groups is 1. The number of pyridine rings is 1. The summed E-state index contributed by atoms with van der Waals surface area (Å²) in [5, 5.41) is 0. The Hall–Kier alpha value is -1.78. The standard InChI is InChI=1S/C16H26N4O/c1-3-20(4-2)16(17)19-12-13-9-10-15(18-11-13)21-14-7-5-6-8-14/h9-11,14H,3-8,12H2,1-2H3,(H2,17,19). The number of ether oxygens (including phenoxy) is 1. The van der Waals surface area contributed by atoms with Crippen LogP contribution >= 0.6 is 0 Å². The van der Waals surface area contributed by atoms with E-state index in [1.165, 1.54) is 12.8 Å². The maximum absolute atomic E-state index is 5.96. The molecule has 21 heavy (non-hydrogen) atoms. The normalized spacial score (nSPS) is 16.2. The summed E-state index contributed by atoms with van der Waals surface area (Å²) in [6, 6.07) is 3.94. The van der Waals surface area contributed by atoms with Gasteiger partial charge in [0.15, 0.2) is 5.96 Å². The molecule has 2 N–H and O–H groups in total. The fourth-order valence-corrected chi connectivity index (χ4v) is 2.57. The van der Waals surface area contributed by atoms with Crippen LogP contribution in [0.3, 0.4) is 0 Å². The Balaban J connectivity index is 1.88. The second kappa shape index (κ2) is 7.86. The van der Waals surface area contributed by atoms with E-state index in [2.05, 4.69) is 23.8 Å². The third kappa shape index (κ3) is 4.62. The number of aromatic nitrogens is 1.